The van der Waals surface area contributed by atoms with Crippen molar-refractivity contribution in [3.05, 3.63) is 88.0 Å². The number of thiazole rings is 1. The van der Waals surface area contributed by atoms with Crippen LogP contribution in [-0.4, -0.2) is 55.3 Å². The van der Waals surface area contributed by atoms with Crippen molar-refractivity contribution < 1.29 is 18.1 Å². The van der Waals surface area contributed by atoms with E-state index < -0.39 is 14.9 Å². The standard InChI is InChI=1S/C25H23N5O5S2/c1-17-6-9-19(10-7-17)37(34,35)27-21-5-3-2-4-20(21)24(31)28-12-14-29(15-13-28)25-26-22-11-8-18(30(32)33)16-23(22)36-25/h2-11,16,27H,12-15H2,1H3. The van der Waals surface area contributed by atoms with Crippen LogP contribution in [0.2, 0.25) is 0 Å². The molecule has 2 heterocycles. The van der Waals surface area contributed by atoms with Gasteiger partial charge in [0.15, 0.2) is 5.13 Å². The summed E-state index contributed by atoms with van der Waals surface area (Å²) in [5.74, 6) is -0.262. The van der Waals surface area contributed by atoms with Gasteiger partial charge in [-0.1, -0.05) is 41.2 Å². The molecule has 0 bridgehead atoms. The number of hydrogen-bond donors (Lipinski definition) is 1. The van der Waals surface area contributed by atoms with Crippen molar-refractivity contribution in [1.29, 1.82) is 0 Å². The molecule has 3 aromatic carbocycles. The van der Waals surface area contributed by atoms with Crippen molar-refractivity contribution in [3.8, 4) is 0 Å². The van der Waals surface area contributed by atoms with Gasteiger partial charge in [-0.15, -0.1) is 0 Å². The minimum Gasteiger partial charge on any atom is -0.345 e. The Morgan fingerprint density at radius 1 is 1.03 bits per heavy atom. The van der Waals surface area contributed by atoms with Crippen LogP contribution in [0.25, 0.3) is 10.2 Å². The molecule has 37 heavy (non-hydrogen) atoms. The first-order valence-corrected chi connectivity index (χ1v) is 13.8. The first kappa shape index (κ1) is 24.7. The highest BCUT2D eigenvalue weighted by Crippen LogP contribution is 2.32. The molecule has 0 unspecified atom stereocenters. The number of nitro benzene ring substituents is 1. The van der Waals surface area contributed by atoms with Gasteiger partial charge in [0.05, 0.1) is 31.3 Å². The quantitative estimate of drug-likeness (QED) is 0.287. The third kappa shape index (κ3) is 5.11. The summed E-state index contributed by atoms with van der Waals surface area (Å²) in [7, 11) is -3.86. The number of nitrogens with one attached hydrogen (secondary N) is 1. The van der Waals surface area contributed by atoms with Crippen LogP contribution < -0.4 is 9.62 Å². The molecule has 0 saturated carbocycles. The minimum atomic E-state index is -3.86. The Labute approximate surface area is 217 Å². The summed E-state index contributed by atoms with van der Waals surface area (Å²) in [5, 5.41) is 11.8. The number of piperazine rings is 1. The monoisotopic (exact) mass is 537 g/mol. The average molecular weight is 538 g/mol. The lowest BCUT2D eigenvalue weighted by atomic mass is 10.1. The summed E-state index contributed by atoms with van der Waals surface area (Å²) in [5.41, 5.74) is 2.16. The number of benzene rings is 3. The predicted molar refractivity (Wildman–Crippen MR) is 143 cm³/mol. The number of non-ortho nitro benzene ring substituents is 1. The molecule has 1 N–H and O–H groups in total. The highest BCUT2D eigenvalue weighted by atomic mass is 32.2. The zero-order valence-corrected chi connectivity index (χ0v) is 21.5. The molecule has 12 heteroatoms. The largest absolute Gasteiger partial charge is 0.345 e. The maximum Gasteiger partial charge on any atom is 0.270 e. The fourth-order valence-corrected chi connectivity index (χ4v) is 6.23. The Morgan fingerprint density at radius 3 is 2.43 bits per heavy atom. The van der Waals surface area contributed by atoms with E-state index in [1.165, 1.54) is 35.6 Å². The Hall–Kier alpha value is -4.03. The second-order valence-corrected chi connectivity index (χ2v) is 11.3. The molecule has 190 valence electrons. The average Bonchev–Trinajstić information content (AvgIpc) is 3.32. The molecule has 1 saturated heterocycles. The summed E-state index contributed by atoms with van der Waals surface area (Å²) in [6.45, 7) is 3.79. The number of hydrogen-bond acceptors (Lipinski definition) is 8. The number of para-hydroxylation sites is 1. The highest BCUT2D eigenvalue weighted by molar-refractivity contribution is 7.92. The fourth-order valence-electron chi connectivity index (χ4n) is 4.10. The fraction of sp³-hybridized carbons (Fsp3) is 0.200. The number of carbonyl (C=O) groups excluding carboxylic acids is 1. The van der Waals surface area contributed by atoms with Crippen LogP contribution in [0.1, 0.15) is 15.9 Å². The SMILES string of the molecule is Cc1ccc(S(=O)(=O)Nc2ccccc2C(=O)N2CCN(c3nc4ccc([N+](=O)[O-])cc4s3)CC2)cc1. The molecule has 1 aliphatic heterocycles. The normalized spacial score (nSPS) is 14.1. The molecular weight excluding hydrogens is 514 g/mol. The zero-order chi connectivity index (χ0) is 26.2. The van der Waals surface area contributed by atoms with Gasteiger partial charge in [-0.25, -0.2) is 13.4 Å². The van der Waals surface area contributed by atoms with Gasteiger partial charge in [0.25, 0.3) is 21.6 Å². The van der Waals surface area contributed by atoms with E-state index >= 15 is 0 Å². The van der Waals surface area contributed by atoms with E-state index in [9.17, 15) is 23.3 Å². The number of anilines is 2. The first-order valence-electron chi connectivity index (χ1n) is 11.5. The van der Waals surface area contributed by atoms with Crippen LogP contribution in [0.15, 0.2) is 71.6 Å². The molecular formula is C25H23N5O5S2. The molecule has 0 spiro atoms. The molecule has 0 atom stereocenters. The van der Waals surface area contributed by atoms with E-state index in [1.54, 1.807) is 47.4 Å². The molecule has 10 nitrogen and oxygen atoms in total. The van der Waals surface area contributed by atoms with Crippen LogP contribution >= 0.6 is 11.3 Å². The van der Waals surface area contributed by atoms with Gasteiger partial charge >= 0.3 is 0 Å². The number of aromatic nitrogens is 1. The molecule has 1 amide bonds. The molecule has 1 fully saturated rings. The van der Waals surface area contributed by atoms with E-state index in [1.807, 2.05) is 11.8 Å². The predicted octanol–water partition coefficient (Wildman–Crippen LogP) is 4.28. The number of sulfonamides is 1. The van der Waals surface area contributed by atoms with Crippen LogP contribution in [0, 0.1) is 17.0 Å². The molecule has 0 aliphatic carbocycles. The van der Waals surface area contributed by atoms with Crippen LogP contribution in [0.3, 0.4) is 0 Å². The number of aryl methyl sites for hydroxylation is 1. The van der Waals surface area contributed by atoms with E-state index in [0.29, 0.717) is 31.7 Å². The van der Waals surface area contributed by atoms with E-state index in [4.69, 9.17) is 0 Å². The molecule has 1 aliphatic rings. The Bertz CT molecular complexity index is 1590. The highest BCUT2D eigenvalue weighted by Gasteiger charge is 2.27. The van der Waals surface area contributed by atoms with Crippen molar-refractivity contribution in [1.82, 2.24) is 9.88 Å². The first-order chi connectivity index (χ1) is 17.7. The summed E-state index contributed by atoms with van der Waals surface area (Å²) in [6, 6.07) is 17.7. The number of nitrogens with zero attached hydrogens (tertiary/aromatic N) is 4. The van der Waals surface area contributed by atoms with Gasteiger partial charge in [0.1, 0.15) is 0 Å². The zero-order valence-electron chi connectivity index (χ0n) is 19.8. The summed E-state index contributed by atoms with van der Waals surface area (Å²) >= 11 is 1.38. The Morgan fingerprint density at radius 2 is 1.73 bits per heavy atom. The van der Waals surface area contributed by atoms with Gasteiger partial charge in [-0.05, 0) is 37.3 Å². The van der Waals surface area contributed by atoms with E-state index in [2.05, 4.69) is 9.71 Å². The number of nitro groups is 1. The van der Waals surface area contributed by atoms with Gasteiger partial charge in [0, 0.05) is 38.3 Å². The molecule has 1 aromatic heterocycles. The number of rotatable bonds is 6. The maximum absolute atomic E-state index is 13.4. The lowest BCUT2D eigenvalue weighted by molar-refractivity contribution is -0.384. The minimum absolute atomic E-state index is 0.0229. The van der Waals surface area contributed by atoms with Gasteiger partial charge in [0.2, 0.25) is 0 Å². The summed E-state index contributed by atoms with van der Waals surface area (Å²) < 4.78 is 29.1. The van der Waals surface area contributed by atoms with Crippen molar-refractivity contribution in [2.75, 3.05) is 35.8 Å². The van der Waals surface area contributed by atoms with Crippen LogP contribution in [-0.2, 0) is 10.0 Å². The third-order valence-corrected chi connectivity index (χ3v) is 8.60. The van der Waals surface area contributed by atoms with Gasteiger partial charge < -0.3 is 9.80 Å². The lowest BCUT2D eigenvalue weighted by Crippen LogP contribution is -2.48. The van der Waals surface area contributed by atoms with Crippen LogP contribution in [0.4, 0.5) is 16.5 Å². The van der Waals surface area contributed by atoms with Crippen molar-refractivity contribution in [3.63, 3.8) is 0 Å². The smallest absolute Gasteiger partial charge is 0.270 e. The Balaban J connectivity index is 1.29. The van der Waals surface area contributed by atoms with Crippen molar-refractivity contribution >= 4 is 54.0 Å². The van der Waals surface area contributed by atoms with E-state index in [0.717, 1.165) is 15.4 Å². The lowest BCUT2D eigenvalue weighted by Gasteiger charge is -2.34. The van der Waals surface area contributed by atoms with E-state index in [-0.39, 0.29) is 27.7 Å². The number of carbonyl (C=O) groups is 1. The maximum atomic E-state index is 13.4. The molecule has 4 aromatic rings. The number of amides is 1. The van der Waals surface area contributed by atoms with Crippen LogP contribution in [0.5, 0.6) is 0 Å². The van der Waals surface area contributed by atoms with Gasteiger partial charge in [-0.2, -0.15) is 0 Å². The second kappa shape index (κ2) is 9.79. The third-order valence-electron chi connectivity index (χ3n) is 6.14. The van der Waals surface area contributed by atoms with Crippen molar-refractivity contribution in [2.45, 2.75) is 11.8 Å². The molecule has 5 rings (SSSR count). The summed E-state index contributed by atoms with van der Waals surface area (Å²) in [6.07, 6.45) is 0. The molecule has 0 radical (unpaired) electrons. The Kier molecular flexibility index (Phi) is 6.52. The summed E-state index contributed by atoms with van der Waals surface area (Å²) in [4.78, 5) is 32.5. The van der Waals surface area contributed by atoms with Crippen molar-refractivity contribution in [2.24, 2.45) is 0 Å². The van der Waals surface area contributed by atoms with Gasteiger partial charge in [-0.3, -0.25) is 19.6 Å². The number of fused-ring (bicyclic) bond motifs is 1. The topological polar surface area (TPSA) is 126 Å². The second-order valence-electron chi connectivity index (χ2n) is 8.65.